The second-order valence-electron chi connectivity index (χ2n) is 8.01. The lowest BCUT2D eigenvalue weighted by atomic mass is 10.1. The molecule has 1 saturated heterocycles. The Bertz CT molecular complexity index is 1180. The van der Waals surface area contributed by atoms with E-state index in [-0.39, 0.29) is 18.9 Å². The minimum Gasteiger partial charge on any atom is -0.497 e. The van der Waals surface area contributed by atoms with Crippen LogP contribution in [0.25, 0.3) is 0 Å². The molecule has 35 heavy (non-hydrogen) atoms. The number of amides is 4. The predicted octanol–water partition coefficient (Wildman–Crippen LogP) is 4.91. The van der Waals surface area contributed by atoms with Crippen LogP contribution in [0.15, 0.2) is 66.0 Å². The van der Waals surface area contributed by atoms with Gasteiger partial charge < -0.3 is 19.7 Å². The van der Waals surface area contributed by atoms with E-state index in [1.807, 2.05) is 24.4 Å². The van der Waals surface area contributed by atoms with Gasteiger partial charge in [0.1, 0.15) is 17.5 Å². The summed E-state index contributed by atoms with van der Waals surface area (Å²) >= 11 is 1.49. The van der Waals surface area contributed by atoms with Crippen molar-refractivity contribution in [1.82, 2.24) is 4.90 Å². The second-order valence-corrected chi connectivity index (χ2v) is 9.04. The van der Waals surface area contributed by atoms with E-state index in [9.17, 15) is 14.4 Å². The summed E-state index contributed by atoms with van der Waals surface area (Å²) in [5.74, 6) is 0.443. The van der Waals surface area contributed by atoms with Gasteiger partial charge in [0.2, 0.25) is 5.91 Å². The van der Waals surface area contributed by atoms with E-state index in [0.29, 0.717) is 23.7 Å². The number of benzene rings is 2. The number of methoxy groups -OCH3 is 1. The normalized spacial score (nSPS) is 15.4. The van der Waals surface area contributed by atoms with Crippen LogP contribution in [0.5, 0.6) is 11.5 Å². The van der Waals surface area contributed by atoms with Crippen LogP contribution in [0.2, 0.25) is 0 Å². The third-order valence-electron chi connectivity index (χ3n) is 5.53. The predicted molar refractivity (Wildman–Crippen MR) is 135 cm³/mol. The van der Waals surface area contributed by atoms with Crippen LogP contribution in [0.1, 0.15) is 24.6 Å². The lowest BCUT2D eigenvalue weighted by Gasteiger charge is -2.21. The minimum atomic E-state index is -0.928. The Morgan fingerprint density at radius 3 is 2.54 bits per heavy atom. The van der Waals surface area contributed by atoms with Crippen LogP contribution >= 0.6 is 11.3 Å². The van der Waals surface area contributed by atoms with Crippen molar-refractivity contribution < 1.29 is 23.9 Å². The molecule has 1 aliphatic heterocycles. The van der Waals surface area contributed by atoms with Crippen molar-refractivity contribution in [3.8, 4) is 11.5 Å². The molecule has 3 aromatic rings. The monoisotopic (exact) mass is 493 g/mol. The zero-order valence-electron chi connectivity index (χ0n) is 19.6. The Labute approximate surface area is 208 Å². The third-order valence-corrected chi connectivity index (χ3v) is 6.39. The maximum atomic E-state index is 13.4. The molecule has 9 heteroatoms. The number of thiophene rings is 1. The molecule has 182 valence electrons. The van der Waals surface area contributed by atoms with Crippen LogP contribution in [0.4, 0.5) is 16.2 Å². The highest BCUT2D eigenvalue weighted by Gasteiger charge is 2.46. The van der Waals surface area contributed by atoms with Crippen molar-refractivity contribution in [2.24, 2.45) is 0 Å². The van der Waals surface area contributed by atoms with Gasteiger partial charge >= 0.3 is 6.03 Å². The quantitative estimate of drug-likeness (QED) is 0.406. The fraction of sp³-hybridized carbons (Fsp3) is 0.269. The standard InChI is InChI=1S/C26H27N3O5S/c1-3-13-34-20-11-9-18(10-12-20)27-24(30)16-23-25(31)29(19-6-4-7-21(15-19)33-2)26(32)28(23)17-22-8-5-14-35-22/h4-12,14-15,23H,3,13,16-17H2,1-2H3,(H,27,30)/t23-/m1/s1. The Kier molecular flexibility index (Phi) is 7.67. The van der Waals surface area contributed by atoms with Gasteiger partial charge in [-0.15, -0.1) is 11.3 Å². The van der Waals surface area contributed by atoms with Crippen molar-refractivity contribution in [3.05, 3.63) is 70.9 Å². The molecule has 0 bridgehead atoms. The number of carbonyl (C=O) groups excluding carboxylic acids is 3. The highest BCUT2D eigenvalue weighted by molar-refractivity contribution is 7.09. The molecule has 1 N–H and O–H groups in total. The molecule has 4 rings (SSSR count). The number of hydrogen-bond donors (Lipinski definition) is 1. The van der Waals surface area contributed by atoms with Gasteiger partial charge in [0.05, 0.1) is 32.4 Å². The van der Waals surface area contributed by atoms with Gasteiger partial charge in [-0.3, -0.25) is 9.59 Å². The summed E-state index contributed by atoms with van der Waals surface area (Å²) < 4.78 is 10.8. The third kappa shape index (κ3) is 5.63. The van der Waals surface area contributed by atoms with Crippen LogP contribution in [0, 0.1) is 0 Å². The molecule has 2 heterocycles. The van der Waals surface area contributed by atoms with Crippen molar-refractivity contribution >= 4 is 40.6 Å². The average Bonchev–Trinajstić information content (AvgIpc) is 3.46. The molecule has 1 atom stereocenters. The lowest BCUT2D eigenvalue weighted by Crippen LogP contribution is -2.37. The number of anilines is 2. The molecule has 8 nitrogen and oxygen atoms in total. The number of urea groups is 1. The number of ether oxygens (including phenoxy) is 2. The van der Waals surface area contributed by atoms with Gasteiger partial charge in [0, 0.05) is 16.6 Å². The van der Waals surface area contributed by atoms with E-state index in [2.05, 4.69) is 5.32 Å². The lowest BCUT2D eigenvalue weighted by molar-refractivity contribution is -0.124. The largest absolute Gasteiger partial charge is 0.497 e. The van der Waals surface area contributed by atoms with Crippen molar-refractivity contribution in [2.45, 2.75) is 32.4 Å². The Balaban J connectivity index is 1.52. The smallest absolute Gasteiger partial charge is 0.332 e. The van der Waals surface area contributed by atoms with E-state index in [4.69, 9.17) is 9.47 Å². The molecule has 2 aromatic carbocycles. The molecular weight excluding hydrogens is 466 g/mol. The fourth-order valence-corrected chi connectivity index (χ4v) is 4.52. The number of imide groups is 1. The number of carbonyl (C=O) groups is 3. The maximum Gasteiger partial charge on any atom is 0.332 e. The number of hydrogen-bond acceptors (Lipinski definition) is 6. The van der Waals surface area contributed by atoms with Gasteiger partial charge in [-0.25, -0.2) is 9.69 Å². The van der Waals surface area contributed by atoms with Crippen molar-refractivity contribution in [2.75, 3.05) is 23.9 Å². The Hall–Kier alpha value is -3.85. The number of nitrogens with zero attached hydrogens (tertiary/aromatic N) is 2. The summed E-state index contributed by atoms with van der Waals surface area (Å²) in [5, 5.41) is 4.73. The molecule has 1 aromatic heterocycles. The maximum absolute atomic E-state index is 13.4. The summed E-state index contributed by atoms with van der Waals surface area (Å²) in [5.41, 5.74) is 0.992. The van der Waals surface area contributed by atoms with E-state index >= 15 is 0 Å². The SMILES string of the molecule is CCCOc1ccc(NC(=O)C[C@@H]2C(=O)N(c3cccc(OC)c3)C(=O)N2Cc2cccs2)cc1. The first kappa shape index (κ1) is 24.3. The van der Waals surface area contributed by atoms with Crippen molar-refractivity contribution in [1.29, 1.82) is 0 Å². The first-order chi connectivity index (χ1) is 17.0. The topological polar surface area (TPSA) is 88.2 Å². The van der Waals surface area contributed by atoms with Gasteiger partial charge in [-0.2, -0.15) is 0 Å². The molecule has 1 aliphatic rings. The second kappa shape index (κ2) is 11.1. The van der Waals surface area contributed by atoms with E-state index < -0.39 is 18.0 Å². The van der Waals surface area contributed by atoms with E-state index in [1.54, 1.807) is 48.5 Å². The molecule has 4 amide bonds. The molecule has 1 fully saturated rings. The fourth-order valence-electron chi connectivity index (χ4n) is 3.81. The summed E-state index contributed by atoms with van der Waals surface area (Å²) in [4.78, 5) is 43.2. The highest BCUT2D eigenvalue weighted by atomic mass is 32.1. The molecule has 0 saturated carbocycles. The van der Waals surface area contributed by atoms with Crippen LogP contribution in [-0.2, 0) is 16.1 Å². The first-order valence-electron chi connectivity index (χ1n) is 11.3. The van der Waals surface area contributed by atoms with Gasteiger partial charge in [-0.1, -0.05) is 19.1 Å². The van der Waals surface area contributed by atoms with Gasteiger partial charge in [0.25, 0.3) is 5.91 Å². The summed E-state index contributed by atoms with van der Waals surface area (Å²) in [6, 6.07) is 16.2. The molecule has 0 aliphatic carbocycles. The van der Waals surface area contributed by atoms with E-state index in [1.165, 1.54) is 23.3 Å². The minimum absolute atomic E-state index is 0.162. The zero-order valence-corrected chi connectivity index (χ0v) is 20.4. The Morgan fingerprint density at radius 2 is 1.86 bits per heavy atom. The van der Waals surface area contributed by atoms with Gasteiger partial charge in [-0.05, 0) is 54.3 Å². The van der Waals surface area contributed by atoms with Crippen molar-refractivity contribution in [3.63, 3.8) is 0 Å². The Morgan fingerprint density at radius 1 is 1.06 bits per heavy atom. The number of rotatable bonds is 10. The van der Waals surface area contributed by atoms with Gasteiger partial charge in [0.15, 0.2) is 0 Å². The number of nitrogens with one attached hydrogen (secondary N) is 1. The average molecular weight is 494 g/mol. The summed E-state index contributed by atoms with van der Waals surface area (Å²) in [6.07, 6.45) is 0.742. The zero-order chi connectivity index (χ0) is 24.8. The van der Waals surface area contributed by atoms with E-state index in [0.717, 1.165) is 21.9 Å². The molecule has 0 unspecified atom stereocenters. The summed E-state index contributed by atoms with van der Waals surface area (Å²) in [7, 11) is 1.52. The highest BCUT2D eigenvalue weighted by Crippen LogP contribution is 2.31. The molecule has 0 spiro atoms. The van der Waals surface area contributed by atoms with Crippen LogP contribution < -0.4 is 19.7 Å². The molecular formula is C26H27N3O5S. The van der Waals surface area contributed by atoms with Crippen LogP contribution in [-0.4, -0.2) is 42.5 Å². The van der Waals surface area contributed by atoms with Crippen LogP contribution in [0.3, 0.4) is 0 Å². The first-order valence-corrected chi connectivity index (χ1v) is 12.2. The molecule has 0 radical (unpaired) electrons. The summed E-state index contributed by atoms with van der Waals surface area (Å²) in [6.45, 7) is 2.89.